The van der Waals surface area contributed by atoms with E-state index in [2.05, 4.69) is 25.7 Å². The molecule has 9 nitrogen and oxygen atoms in total. The van der Waals surface area contributed by atoms with E-state index in [1.807, 2.05) is 19.1 Å². The van der Waals surface area contributed by atoms with Crippen molar-refractivity contribution in [3.05, 3.63) is 30.1 Å². The van der Waals surface area contributed by atoms with Crippen LogP contribution in [0.3, 0.4) is 0 Å². The SMILES string of the molecule is C/C(=N\Nc1nnc(SCC(N)=O)n1N)c1ccncc1. The van der Waals surface area contributed by atoms with E-state index in [0.29, 0.717) is 5.16 Å². The molecule has 0 atom stereocenters. The van der Waals surface area contributed by atoms with Gasteiger partial charge in [0.2, 0.25) is 11.1 Å². The van der Waals surface area contributed by atoms with Gasteiger partial charge in [-0.05, 0) is 19.1 Å². The first-order valence-electron chi connectivity index (χ1n) is 5.90. The fraction of sp³-hybridized carbons (Fsp3) is 0.182. The summed E-state index contributed by atoms with van der Waals surface area (Å²) >= 11 is 1.10. The van der Waals surface area contributed by atoms with E-state index >= 15 is 0 Å². The van der Waals surface area contributed by atoms with Crippen molar-refractivity contribution in [2.45, 2.75) is 12.1 Å². The summed E-state index contributed by atoms with van der Waals surface area (Å²) < 4.78 is 1.21. The summed E-state index contributed by atoms with van der Waals surface area (Å²) in [6.07, 6.45) is 3.36. The molecule has 0 aliphatic heterocycles. The Morgan fingerprint density at radius 1 is 1.43 bits per heavy atom. The third-order valence-electron chi connectivity index (χ3n) is 2.43. The molecule has 0 spiro atoms. The molecule has 0 bridgehead atoms. The van der Waals surface area contributed by atoms with Gasteiger partial charge in [0.1, 0.15) is 0 Å². The van der Waals surface area contributed by atoms with E-state index < -0.39 is 5.91 Å². The minimum atomic E-state index is -0.455. The number of nitrogens with zero attached hydrogens (tertiary/aromatic N) is 5. The smallest absolute Gasteiger partial charge is 0.264 e. The molecule has 2 aromatic heterocycles. The fourth-order valence-electron chi connectivity index (χ4n) is 1.38. The van der Waals surface area contributed by atoms with E-state index in [4.69, 9.17) is 11.6 Å². The van der Waals surface area contributed by atoms with Crippen molar-refractivity contribution in [3.63, 3.8) is 0 Å². The fourth-order valence-corrected chi connectivity index (χ4v) is 1.97. The number of aromatic nitrogens is 4. The number of nitrogen functional groups attached to an aromatic ring is 1. The number of carbonyl (C=O) groups is 1. The van der Waals surface area contributed by atoms with Crippen LogP contribution in [-0.2, 0) is 4.79 Å². The molecule has 0 aliphatic rings. The highest BCUT2D eigenvalue weighted by Gasteiger charge is 2.10. The summed E-state index contributed by atoms with van der Waals surface area (Å²) in [5.74, 6) is 5.67. The minimum absolute atomic E-state index is 0.0780. The first-order chi connectivity index (χ1) is 10.1. The quantitative estimate of drug-likeness (QED) is 0.291. The van der Waals surface area contributed by atoms with Gasteiger partial charge in [-0.1, -0.05) is 11.8 Å². The number of pyridine rings is 1. The van der Waals surface area contributed by atoms with Crippen LogP contribution in [0.1, 0.15) is 12.5 Å². The molecule has 1 amide bonds. The van der Waals surface area contributed by atoms with Gasteiger partial charge in [-0.3, -0.25) is 9.78 Å². The molecule has 0 fully saturated rings. The van der Waals surface area contributed by atoms with Crippen molar-refractivity contribution in [1.29, 1.82) is 0 Å². The minimum Gasteiger partial charge on any atom is -0.369 e. The maximum Gasteiger partial charge on any atom is 0.264 e. The summed E-state index contributed by atoms with van der Waals surface area (Å²) in [6.45, 7) is 1.84. The molecule has 21 heavy (non-hydrogen) atoms. The highest BCUT2D eigenvalue weighted by Crippen LogP contribution is 2.16. The normalized spacial score (nSPS) is 11.4. The third-order valence-corrected chi connectivity index (χ3v) is 3.40. The molecule has 0 saturated heterocycles. The van der Waals surface area contributed by atoms with Gasteiger partial charge < -0.3 is 11.6 Å². The topological polar surface area (TPSA) is 137 Å². The third kappa shape index (κ3) is 3.92. The molecule has 110 valence electrons. The number of hydrazone groups is 1. The lowest BCUT2D eigenvalue weighted by molar-refractivity contribution is -0.115. The highest BCUT2D eigenvalue weighted by atomic mass is 32.2. The van der Waals surface area contributed by atoms with E-state index in [9.17, 15) is 4.79 Å². The van der Waals surface area contributed by atoms with Gasteiger partial charge in [0, 0.05) is 18.0 Å². The second-order valence-electron chi connectivity index (χ2n) is 3.98. The first-order valence-corrected chi connectivity index (χ1v) is 6.89. The second-order valence-corrected chi connectivity index (χ2v) is 4.92. The average molecular weight is 306 g/mol. The number of amides is 1. The van der Waals surface area contributed by atoms with Crippen LogP contribution in [0.4, 0.5) is 5.95 Å². The van der Waals surface area contributed by atoms with Gasteiger partial charge in [-0.15, -0.1) is 10.2 Å². The number of primary amides is 1. The largest absolute Gasteiger partial charge is 0.369 e. The van der Waals surface area contributed by atoms with Crippen LogP contribution in [0.2, 0.25) is 0 Å². The lowest BCUT2D eigenvalue weighted by Crippen LogP contribution is -2.16. The maximum atomic E-state index is 10.7. The number of hydrogen-bond donors (Lipinski definition) is 3. The Morgan fingerprint density at radius 2 is 2.14 bits per heavy atom. The van der Waals surface area contributed by atoms with Gasteiger partial charge in [0.15, 0.2) is 0 Å². The zero-order valence-electron chi connectivity index (χ0n) is 11.2. The van der Waals surface area contributed by atoms with Crippen LogP contribution in [0.15, 0.2) is 34.8 Å². The van der Waals surface area contributed by atoms with Crippen LogP contribution >= 0.6 is 11.8 Å². The van der Waals surface area contributed by atoms with E-state index in [1.165, 1.54) is 4.68 Å². The number of nitrogens with two attached hydrogens (primary N) is 2. The molecule has 0 aromatic carbocycles. The summed E-state index contributed by atoms with van der Waals surface area (Å²) in [6, 6.07) is 3.67. The van der Waals surface area contributed by atoms with E-state index in [1.54, 1.807) is 12.4 Å². The van der Waals surface area contributed by atoms with Gasteiger partial charge in [-0.2, -0.15) is 5.10 Å². The van der Waals surface area contributed by atoms with Crippen LogP contribution in [0.5, 0.6) is 0 Å². The van der Waals surface area contributed by atoms with Gasteiger partial charge in [0.05, 0.1) is 11.5 Å². The molecule has 5 N–H and O–H groups in total. The van der Waals surface area contributed by atoms with Crippen molar-refractivity contribution >= 4 is 29.3 Å². The Kier molecular flexibility index (Phi) is 4.72. The Hall–Kier alpha value is -2.62. The molecule has 2 heterocycles. The Labute approximate surface area is 124 Å². The van der Waals surface area contributed by atoms with Crippen molar-refractivity contribution in [1.82, 2.24) is 19.9 Å². The number of carbonyl (C=O) groups excluding carboxylic acids is 1. The van der Waals surface area contributed by atoms with Crippen LogP contribution in [0, 0.1) is 0 Å². The molecule has 0 saturated carbocycles. The maximum absolute atomic E-state index is 10.7. The van der Waals surface area contributed by atoms with Crippen molar-refractivity contribution in [3.8, 4) is 0 Å². The summed E-state index contributed by atoms with van der Waals surface area (Å²) in [4.78, 5) is 14.7. The lowest BCUT2D eigenvalue weighted by Gasteiger charge is -2.03. The highest BCUT2D eigenvalue weighted by molar-refractivity contribution is 7.99. The second kappa shape index (κ2) is 6.70. The zero-order chi connectivity index (χ0) is 15.2. The monoisotopic (exact) mass is 306 g/mol. The van der Waals surface area contributed by atoms with Crippen molar-refractivity contribution < 1.29 is 4.79 Å². The summed E-state index contributed by atoms with van der Waals surface area (Å²) in [5, 5.41) is 12.2. The summed E-state index contributed by atoms with van der Waals surface area (Å²) in [5.41, 5.74) is 9.44. The zero-order valence-corrected chi connectivity index (χ0v) is 12.0. The molecular weight excluding hydrogens is 292 g/mol. The number of nitrogens with one attached hydrogen (secondary N) is 1. The van der Waals surface area contributed by atoms with Gasteiger partial charge >= 0.3 is 0 Å². The Balaban J connectivity index is 2.05. The molecule has 2 rings (SSSR count). The van der Waals surface area contributed by atoms with Crippen molar-refractivity contribution in [2.24, 2.45) is 10.8 Å². The molecule has 0 aliphatic carbocycles. The molecule has 0 unspecified atom stereocenters. The van der Waals surface area contributed by atoms with E-state index in [-0.39, 0.29) is 11.7 Å². The number of thioether (sulfide) groups is 1. The standard InChI is InChI=1S/C11H14N8OS/c1-7(8-2-4-14-5-3-8)15-16-10-17-18-11(19(10)13)21-6-9(12)20/h2-5H,6,13H2,1H3,(H2,12,20)(H,16,17)/b15-7+. The predicted molar refractivity (Wildman–Crippen MR) is 80.2 cm³/mol. The average Bonchev–Trinajstić information content (AvgIpc) is 2.84. The van der Waals surface area contributed by atoms with Gasteiger partial charge in [-0.25, -0.2) is 10.1 Å². The van der Waals surface area contributed by atoms with E-state index in [0.717, 1.165) is 23.0 Å². The molecule has 2 aromatic rings. The predicted octanol–water partition coefficient (Wildman–Crippen LogP) is -0.200. The molecular formula is C11H14N8OS. The number of anilines is 1. The molecule has 0 radical (unpaired) electrons. The number of hydrogen-bond acceptors (Lipinski definition) is 8. The van der Waals surface area contributed by atoms with Crippen molar-refractivity contribution in [2.75, 3.05) is 17.0 Å². The first kappa shape index (κ1) is 14.8. The summed E-state index contributed by atoms with van der Waals surface area (Å²) in [7, 11) is 0. The van der Waals surface area contributed by atoms with Gasteiger partial charge in [0.25, 0.3) is 5.95 Å². The van der Waals surface area contributed by atoms with Crippen LogP contribution in [0.25, 0.3) is 0 Å². The molecule has 10 heteroatoms. The Bertz CT molecular complexity index is 653. The number of rotatable bonds is 6. The van der Waals surface area contributed by atoms with Crippen LogP contribution < -0.4 is 17.0 Å². The Morgan fingerprint density at radius 3 is 2.81 bits per heavy atom. The van der Waals surface area contributed by atoms with Crippen LogP contribution in [-0.4, -0.2) is 37.2 Å². The lowest BCUT2D eigenvalue weighted by atomic mass is 10.2.